The van der Waals surface area contributed by atoms with Gasteiger partial charge >= 0.3 is 5.97 Å². The Kier molecular flexibility index (Phi) is 4.58. The molecule has 0 aromatic carbocycles. The molecule has 5 heteroatoms. The summed E-state index contributed by atoms with van der Waals surface area (Å²) in [5, 5.41) is 12.1. The number of amides is 1. The zero-order chi connectivity index (χ0) is 13.0. The Morgan fingerprint density at radius 2 is 1.89 bits per heavy atom. The standard InChI is InChI=1S/C13H22N2O3/c16-12(9-14-10-4-1-2-5-10)15-7-3-6-11(15)8-13(17)18/h10-11,14H,1-9H2,(H,17,18). The maximum Gasteiger partial charge on any atom is 0.305 e. The van der Waals surface area contributed by atoms with Crippen LogP contribution in [0.4, 0.5) is 0 Å². The summed E-state index contributed by atoms with van der Waals surface area (Å²) < 4.78 is 0. The molecular weight excluding hydrogens is 232 g/mol. The largest absolute Gasteiger partial charge is 0.481 e. The summed E-state index contributed by atoms with van der Waals surface area (Å²) >= 11 is 0. The number of likely N-dealkylation sites (tertiary alicyclic amines) is 1. The first-order valence-corrected chi connectivity index (χ1v) is 6.91. The van der Waals surface area contributed by atoms with Crippen LogP contribution in [0.1, 0.15) is 44.9 Å². The van der Waals surface area contributed by atoms with E-state index in [1.165, 1.54) is 12.8 Å². The van der Waals surface area contributed by atoms with E-state index in [1.54, 1.807) is 4.90 Å². The number of nitrogens with one attached hydrogen (secondary N) is 1. The Hall–Kier alpha value is -1.10. The SMILES string of the molecule is O=C(O)CC1CCCN1C(=O)CNC1CCCC1. The molecule has 5 nitrogen and oxygen atoms in total. The van der Waals surface area contributed by atoms with Crippen LogP contribution in [0, 0.1) is 0 Å². The number of rotatable bonds is 5. The molecule has 1 heterocycles. The van der Waals surface area contributed by atoms with Gasteiger partial charge in [-0.2, -0.15) is 0 Å². The van der Waals surface area contributed by atoms with Gasteiger partial charge in [-0.1, -0.05) is 12.8 Å². The third-order valence-electron chi connectivity index (χ3n) is 4.00. The van der Waals surface area contributed by atoms with Gasteiger partial charge in [0.25, 0.3) is 0 Å². The second-order valence-electron chi connectivity index (χ2n) is 5.34. The van der Waals surface area contributed by atoms with E-state index in [2.05, 4.69) is 5.32 Å². The van der Waals surface area contributed by atoms with Crippen LogP contribution in [0.2, 0.25) is 0 Å². The Bertz CT molecular complexity index is 313. The number of carbonyl (C=O) groups excluding carboxylic acids is 1. The Labute approximate surface area is 108 Å². The van der Waals surface area contributed by atoms with E-state index in [0.717, 1.165) is 25.7 Å². The highest BCUT2D eigenvalue weighted by atomic mass is 16.4. The number of hydrogen-bond acceptors (Lipinski definition) is 3. The zero-order valence-electron chi connectivity index (χ0n) is 10.7. The molecule has 0 radical (unpaired) electrons. The minimum absolute atomic E-state index is 0.0608. The van der Waals surface area contributed by atoms with Gasteiger partial charge in [0.2, 0.25) is 5.91 Å². The van der Waals surface area contributed by atoms with E-state index >= 15 is 0 Å². The number of nitrogens with zero attached hydrogens (tertiary/aromatic N) is 1. The number of carboxylic acid groups (broad SMARTS) is 1. The van der Waals surface area contributed by atoms with Gasteiger partial charge in [-0.05, 0) is 25.7 Å². The molecule has 102 valence electrons. The molecule has 2 rings (SSSR count). The van der Waals surface area contributed by atoms with Crippen LogP contribution in [-0.2, 0) is 9.59 Å². The molecule has 0 aromatic heterocycles. The first-order chi connectivity index (χ1) is 8.66. The van der Waals surface area contributed by atoms with Crippen molar-refractivity contribution in [2.24, 2.45) is 0 Å². The fraction of sp³-hybridized carbons (Fsp3) is 0.846. The summed E-state index contributed by atoms with van der Waals surface area (Å²) in [6.45, 7) is 1.07. The molecule has 1 aliphatic carbocycles. The number of aliphatic carboxylic acids is 1. The lowest BCUT2D eigenvalue weighted by Gasteiger charge is -2.24. The summed E-state index contributed by atoms with van der Waals surface area (Å²) in [6, 6.07) is 0.384. The van der Waals surface area contributed by atoms with Gasteiger partial charge in [0.05, 0.1) is 13.0 Å². The first kappa shape index (κ1) is 13.3. The molecule has 0 bridgehead atoms. The topological polar surface area (TPSA) is 69.6 Å². The van der Waals surface area contributed by atoms with Crippen molar-refractivity contribution in [3.8, 4) is 0 Å². The van der Waals surface area contributed by atoms with Gasteiger partial charge in [-0.3, -0.25) is 9.59 Å². The van der Waals surface area contributed by atoms with Crippen molar-refractivity contribution in [3.63, 3.8) is 0 Å². The van der Waals surface area contributed by atoms with Crippen molar-refractivity contribution in [1.29, 1.82) is 0 Å². The van der Waals surface area contributed by atoms with Crippen molar-refractivity contribution in [3.05, 3.63) is 0 Å². The quantitative estimate of drug-likeness (QED) is 0.767. The fourth-order valence-corrected chi connectivity index (χ4v) is 3.04. The summed E-state index contributed by atoms with van der Waals surface area (Å²) in [5.41, 5.74) is 0. The van der Waals surface area contributed by atoms with Crippen molar-refractivity contribution in [2.45, 2.75) is 57.0 Å². The van der Waals surface area contributed by atoms with Crippen LogP contribution in [0.25, 0.3) is 0 Å². The highest BCUT2D eigenvalue weighted by molar-refractivity contribution is 5.79. The molecule has 1 atom stereocenters. The lowest BCUT2D eigenvalue weighted by Crippen LogP contribution is -2.43. The highest BCUT2D eigenvalue weighted by Gasteiger charge is 2.30. The lowest BCUT2D eigenvalue weighted by molar-refractivity contribution is -0.139. The highest BCUT2D eigenvalue weighted by Crippen LogP contribution is 2.21. The molecule has 1 saturated carbocycles. The number of hydrogen-bond donors (Lipinski definition) is 2. The van der Waals surface area contributed by atoms with E-state index in [4.69, 9.17) is 5.11 Å². The lowest BCUT2D eigenvalue weighted by atomic mass is 10.1. The first-order valence-electron chi connectivity index (χ1n) is 6.91. The predicted molar refractivity (Wildman–Crippen MR) is 67.2 cm³/mol. The molecule has 1 aliphatic heterocycles. The summed E-state index contributed by atoms with van der Waals surface area (Å²) in [7, 11) is 0. The van der Waals surface area contributed by atoms with Crippen molar-refractivity contribution in [1.82, 2.24) is 10.2 Å². The maximum atomic E-state index is 12.1. The van der Waals surface area contributed by atoms with Gasteiger partial charge in [0, 0.05) is 18.6 Å². The molecule has 2 aliphatic rings. The zero-order valence-corrected chi connectivity index (χ0v) is 10.7. The number of carboxylic acids is 1. The molecule has 2 fully saturated rings. The average Bonchev–Trinajstić information content (AvgIpc) is 2.95. The minimum atomic E-state index is -0.816. The Morgan fingerprint density at radius 3 is 2.56 bits per heavy atom. The van der Waals surface area contributed by atoms with E-state index < -0.39 is 5.97 Å². The molecule has 1 amide bonds. The minimum Gasteiger partial charge on any atom is -0.481 e. The number of carbonyl (C=O) groups is 2. The van der Waals surface area contributed by atoms with Crippen LogP contribution >= 0.6 is 0 Å². The van der Waals surface area contributed by atoms with E-state index in [1.807, 2.05) is 0 Å². The fourth-order valence-electron chi connectivity index (χ4n) is 3.04. The second kappa shape index (κ2) is 6.18. The van der Waals surface area contributed by atoms with E-state index in [9.17, 15) is 9.59 Å². The van der Waals surface area contributed by atoms with Gasteiger partial charge in [-0.25, -0.2) is 0 Å². The molecule has 1 saturated heterocycles. The molecule has 18 heavy (non-hydrogen) atoms. The van der Waals surface area contributed by atoms with Crippen LogP contribution in [0.15, 0.2) is 0 Å². The van der Waals surface area contributed by atoms with Crippen LogP contribution in [0.3, 0.4) is 0 Å². The van der Waals surface area contributed by atoms with E-state index in [-0.39, 0.29) is 18.4 Å². The summed E-state index contributed by atoms with van der Waals surface area (Å²) in [5.74, 6) is -0.755. The Balaban J connectivity index is 1.77. The van der Waals surface area contributed by atoms with Crippen molar-refractivity contribution in [2.75, 3.05) is 13.1 Å². The van der Waals surface area contributed by atoms with E-state index in [0.29, 0.717) is 19.1 Å². The molecule has 0 aromatic rings. The predicted octanol–water partition coefficient (Wildman–Crippen LogP) is 0.984. The Morgan fingerprint density at radius 1 is 1.17 bits per heavy atom. The van der Waals surface area contributed by atoms with Gasteiger partial charge < -0.3 is 15.3 Å². The normalized spacial score (nSPS) is 24.7. The summed E-state index contributed by atoms with van der Waals surface area (Å²) in [6.07, 6.45) is 6.63. The average molecular weight is 254 g/mol. The van der Waals surface area contributed by atoms with Crippen LogP contribution in [-0.4, -0.2) is 47.1 Å². The van der Waals surface area contributed by atoms with Crippen molar-refractivity contribution < 1.29 is 14.7 Å². The van der Waals surface area contributed by atoms with Crippen LogP contribution < -0.4 is 5.32 Å². The molecule has 1 unspecified atom stereocenters. The van der Waals surface area contributed by atoms with Crippen molar-refractivity contribution >= 4 is 11.9 Å². The molecule has 2 N–H and O–H groups in total. The van der Waals surface area contributed by atoms with Gasteiger partial charge in [0.15, 0.2) is 0 Å². The molecule has 0 spiro atoms. The summed E-state index contributed by atoms with van der Waals surface area (Å²) in [4.78, 5) is 24.5. The third-order valence-corrected chi connectivity index (χ3v) is 4.00. The second-order valence-corrected chi connectivity index (χ2v) is 5.34. The maximum absolute atomic E-state index is 12.1. The third kappa shape index (κ3) is 3.45. The smallest absolute Gasteiger partial charge is 0.305 e. The van der Waals surface area contributed by atoms with Gasteiger partial charge in [-0.15, -0.1) is 0 Å². The monoisotopic (exact) mass is 254 g/mol. The molecular formula is C13H22N2O3. The van der Waals surface area contributed by atoms with Crippen LogP contribution in [0.5, 0.6) is 0 Å². The van der Waals surface area contributed by atoms with Gasteiger partial charge in [0.1, 0.15) is 0 Å².